The number of fused-ring (bicyclic) bond motifs is 1. The predicted octanol–water partition coefficient (Wildman–Crippen LogP) is 1.57. The minimum absolute atomic E-state index is 0.0357. The average Bonchev–Trinajstić information content (AvgIpc) is 3.07. The number of piperidine rings is 1. The Hall–Kier alpha value is -2.83. The highest BCUT2D eigenvalue weighted by Crippen LogP contribution is 2.22. The average molecular weight is 340 g/mol. The van der Waals surface area contributed by atoms with E-state index < -0.39 is 0 Å². The summed E-state index contributed by atoms with van der Waals surface area (Å²) >= 11 is 0. The first-order valence-electron chi connectivity index (χ1n) is 8.54. The quantitative estimate of drug-likeness (QED) is 0.869. The van der Waals surface area contributed by atoms with Crippen LogP contribution in [0.4, 0.5) is 4.79 Å². The molecule has 2 aromatic rings. The molecule has 1 aromatic heterocycles. The van der Waals surface area contributed by atoms with Crippen molar-refractivity contribution in [3.63, 3.8) is 0 Å². The first-order valence-corrected chi connectivity index (χ1v) is 8.54. The van der Waals surface area contributed by atoms with Gasteiger partial charge < -0.3 is 20.2 Å². The van der Waals surface area contributed by atoms with Crippen LogP contribution in [0.1, 0.15) is 23.2 Å². The number of aromatic nitrogens is 1. The number of carbonyl (C=O) groups is 2. The first kappa shape index (κ1) is 15.7. The zero-order chi connectivity index (χ0) is 17.4. The molecule has 2 saturated heterocycles. The van der Waals surface area contributed by atoms with Crippen molar-refractivity contribution in [2.45, 2.75) is 18.9 Å². The van der Waals surface area contributed by atoms with Gasteiger partial charge in [-0.25, -0.2) is 4.79 Å². The van der Waals surface area contributed by atoms with Crippen molar-refractivity contribution in [3.05, 3.63) is 36.0 Å². The van der Waals surface area contributed by atoms with E-state index in [9.17, 15) is 14.7 Å². The summed E-state index contributed by atoms with van der Waals surface area (Å²) in [6.45, 7) is 2.62. The number of carbonyl (C=O) groups excluding carboxylic acids is 2. The molecule has 2 aliphatic rings. The summed E-state index contributed by atoms with van der Waals surface area (Å²) in [5, 5.41) is 13.2. The second kappa shape index (κ2) is 6.23. The molecule has 0 aliphatic carbocycles. The summed E-state index contributed by atoms with van der Waals surface area (Å²) in [6, 6.07) is 6.75. The molecule has 1 aromatic carbocycles. The highest BCUT2D eigenvalue weighted by atomic mass is 16.3. The molecular weight excluding hydrogens is 320 g/mol. The van der Waals surface area contributed by atoms with Gasteiger partial charge in [0.05, 0.1) is 17.1 Å². The van der Waals surface area contributed by atoms with E-state index in [2.05, 4.69) is 10.3 Å². The molecule has 3 amide bonds. The van der Waals surface area contributed by atoms with Gasteiger partial charge in [-0.1, -0.05) is 0 Å². The Morgan fingerprint density at radius 3 is 2.96 bits per heavy atom. The number of amides is 3. The first-order chi connectivity index (χ1) is 12.1. The van der Waals surface area contributed by atoms with Crippen LogP contribution in [0.2, 0.25) is 0 Å². The van der Waals surface area contributed by atoms with E-state index in [0.29, 0.717) is 37.3 Å². The van der Waals surface area contributed by atoms with E-state index in [0.717, 1.165) is 18.2 Å². The minimum atomic E-state index is -0.0632. The summed E-state index contributed by atoms with van der Waals surface area (Å²) in [6.07, 6.45) is 3.36. The van der Waals surface area contributed by atoms with Crippen LogP contribution in [0, 0.1) is 0 Å². The van der Waals surface area contributed by atoms with Crippen molar-refractivity contribution in [3.8, 4) is 5.75 Å². The molecule has 2 fully saturated rings. The van der Waals surface area contributed by atoms with Gasteiger partial charge in [0, 0.05) is 43.8 Å². The van der Waals surface area contributed by atoms with Gasteiger partial charge >= 0.3 is 6.03 Å². The van der Waals surface area contributed by atoms with Crippen molar-refractivity contribution in [2.24, 2.45) is 0 Å². The Morgan fingerprint density at radius 2 is 2.16 bits per heavy atom. The van der Waals surface area contributed by atoms with Gasteiger partial charge in [-0.15, -0.1) is 0 Å². The van der Waals surface area contributed by atoms with E-state index >= 15 is 0 Å². The highest BCUT2D eigenvalue weighted by Gasteiger charge is 2.33. The van der Waals surface area contributed by atoms with Crippen LogP contribution in [-0.2, 0) is 0 Å². The molecule has 3 heterocycles. The molecule has 0 spiro atoms. The molecule has 0 saturated carbocycles. The van der Waals surface area contributed by atoms with Crippen LogP contribution < -0.4 is 5.32 Å². The lowest BCUT2D eigenvalue weighted by Crippen LogP contribution is -2.50. The fourth-order valence-electron chi connectivity index (χ4n) is 3.64. The second-order valence-electron chi connectivity index (χ2n) is 6.57. The third kappa shape index (κ3) is 2.97. The van der Waals surface area contributed by atoms with Crippen LogP contribution in [-0.4, -0.2) is 64.0 Å². The lowest BCUT2D eigenvalue weighted by molar-refractivity contribution is 0.0634. The fourth-order valence-corrected chi connectivity index (χ4v) is 3.64. The topological polar surface area (TPSA) is 85.8 Å². The Morgan fingerprint density at radius 1 is 1.28 bits per heavy atom. The third-order valence-electron chi connectivity index (χ3n) is 4.93. The molecule has 7 heteroatoms. The molecule has 130 valence electrons. The van der Waals surface area contributed by atoms with E-state index in [1.165, 1.54) is 0 Å². The molecule has 0 radical (unpaired) electrons. The largest absolute Gasteiger partial charge is 0.508 e. The number of aromatic hydroxyl groups is 1. The minimum Gasteiger partial charge on any atom is -0.508 e. The Kier molecular flexibility index (Phi) is 3.91. The molecule has 1 atom stereocenters. The van der Waals surface area contributed by atoms with Crippen LogP contribution in [0.25, 0.3) is 10.9 Å². The molecule has 2 aliphatic heterocycles. The maximum absolute atomic E-state index is 12.9. The van der Waals surface area contributed by atoms with Gasteiger partial charge in [0.25, 0.3) is 5.91 Å². The van der Waals surface area contributed by atoms with Gasteiger partial charge in [-0.05, 0) is 31.0 Å². The van der Waals surface area contributed by atoms with E-state index in [-0.39, 0.29) is 23.7 Å². The van der Waals surface area contributed by atoms with E-state index in [4.69, 9.17) is 0 Å². The van der Waals surface area contributed by atoms with Crippen molar-refractivity contribution < 1.29 is 14.7 Å². The van der Waals surface area contributed by atoms with Crippen LogP contribution in [0.15, 0.2) is 30.5 Å². The van der Waals surface area contributed by atoms with Crippen molar-refractivity contribution in [2.75, 3.05) is 26.2 Å². The van der Waals surface area contributed by atoms with E-state index in [1.807, 2.05) is 9.80 Å². The fraction of sp³-hybridized carbons (Fsp3) is 0.389. The summed E-state index contributed by atoms with van der Waals surface area (Å²) in [5.41, 5.74) is 1.19. The zero-order valence-corrected chi connectivity index (χ0v) is 13.8. The van der Waals surface area contributed by atoms with Crippen molar-refractivity contribution in [1.29, 1.82) is 0 Å². The lowest BCUT2D eigenvalue weighted by atomic mass is 10.0. The molecule has 0 bridgehead atoms. The normalized spacial score (nSPS) is 20.8. The Bertz CT molecular complexity index is 838. The summed E-state index contributed by atoms with van der Waals surface area (Å²) in [5.74, 6) is 0.0913. The highest BCUT2D eigenvalue weighted by molar-refractivity contribution is 5.97. The SMILES string of the molecule is O=C(c1cnc2cc(O)ccc2c1)N1CCCC(N2CCNC2=O)C1. The van der Waals surface area contributed by atoms with Gasteiger partial charge in [0.2, 0.25) is 0 Å². The Balaban J connectivity index is 1.53. The predicted molar refractivity (Wildman–Crippen MR) is 92.4 cm³/mol. The molecule has 7 nitrogen and oxygen atoms in total. The molecule has 25 heavy (non-hydrogen) atoms. The number of pyridine rings is 1. The number of urea groups is 1. The second-order valence-corrected chi connectivity index (χ2v) is 6.57. The van der Waals surface area contributed by atoms with Crippen LogP contribution >= 0.6 is 0 Å². The number of phenols is 1. The number of hydrogen-bond acceptors (Lipinski definition) is 4. The number of nitrogens with one attached hydrogen (secondary N) is 1. The maximum Gasteiger partial charge on any atom is 0.317 e. The number of benzene rings is 1. The van der Waals surface area contributed by atoms with Crippen molar-refractivity contribution >= 4 is 22.8 Å². The number of likely N-dealkylation sites (tertiary alicyclic amines) is 1. The standard InChI is InChI=1S/C18H20N4O3/c23-15-4-3-12-8-13(10-20-16(12)9-15)17(24)21-6-1-2-14(11-21)22-7-5-19-18(22)25/h3-4,8-10,14,23H,1-2,5-7,11H2,(H,19,25). The molecular formula is C18H20N4O3. The molecule has 4 rings (SSSR count). The number of rotatable bonds is 2. The smallest absolute Gasteiger partial charge is 0.317 e. The summed E-state index contributed by atoms with van der Waals surface area (Å²) < 4.78 is 0. The molecule has 2 N–H and O–H groups in total. The summed E-state index contributed by atoms with van der Waals surface area (Å²) in [4.78, 5) is 32.7. The summed E-state index contributed by atoms with van der Waals surface area (Å²) in [7, 11) is 0. The van der Waals surface area contributed by atoms with Gasteiger partial charge in [-0.3, -0.25) is 9.78 Å². The van der Waals surface area contributed by atoms with Gasteiger partial charge in [-0.2, -0.15) is 0 Å². The van der Waals surface area contributed by atoms with Crippen LogP contribution in [0.3, 0.4) is 0 Å². The maximum atomic E-state index is 12.9. The van der Waals surface area contributed by atoms with Crippen molar-refractivity contribution in [1.82, 2.24) is 20.1 Å². The monoisotopic (exact) mass is 340 g/mol. The lowest BCUT2D eigenvalue weighted by Gasteiger charge is -2.37. The van der Waals surface area contributed by atoms with E-state index in [1.54, 1.807) is 30.5 Å². The van der Waals surface area contributed by atoms with Gasteiger partial charge in [0.15, 0.2) is 0 Å². The molecule has 1 unspecified atom stereocenters. The van der Waals surface area contributed by atoms with Crippen LogP contribution in [0.5, 0.6) is 5.75 Å². The number of hydrogen-bond donors (Lipinski definition) is 2. The Labute approximate surface area is 145 Å². The zero-order valence-electron chi connectivity index (χ0n) is 13.8. The number of phenolic OH excluding ortho intramolecular Hbond substituents is 1. The third-order valence-corrected chi connectivity index (χ3v) is 4.93. The van der Waals surface area contributed by atoms with Gasteiger partial charge in [0.1, 0.15) is 5.75 Å². The number of nitrogens with zero attached hydrogens (tertiary/aromatic N) is 3.